The van der Waals surface area contributed by atoms with Crippen molar-refractivity contribution in [3.8, 4) is 0 Å². The van der Waals surface area contributed by atoms with Gasteiger partial charge in [-0.3, -0.25) is 0 Å². The summed E-state index contributed by atoms with van der Waals surface area (Å²) in [6.45, 7) is 3.62. The number of hydrogen-bond donors (Lipinski definition) is 3. The van der Waals surface area contributed by atoms with E-state index in [9.17, 15) is 19.8 Å². The van der Waals surface area contributed by atoms with Crippen molar-refractivity contribution >= 4 is 11.9 Å². The molecule has 1 heterocycles. The zero-order valence-corrected chi connectivity index (χ0v) is 14.0. The summed E-state index contributed by atoms with van der Waals surface area (Å²) in [6.07, 6.45) is 0. The average molecular weight is 337 g/mol. The van der Waals surface area contributed by atoms with E-state index in [0.717, 1.165) is 11.1 Å². The van der Waals surface area contributed by atoms with E-state index < -0.39 is 22.9 Å². The van der Waals surface area contributed by atoms with Gasteiger partial charge in [-0.15, -0.1) is 0 Å². The minimum Gasteiger partial charge on any atom is -0.478 e. The van der Waals surface area contributed by atoms with Crippen molar-refractivity contribution in [2.45, 2.75) is 24.8 Å². The third-order valence-corrected chi connectivity index (χ3v) is 5.26. The molecule has 1 aliphatic rings. The second kappa shape index (κ2) is 5.77. The number of carboxylic acid groups (broad SMARTS) is 2. The van der Waals surface area contributed by atoms with Crippen molar-refractivity contribution in [2.24, 2.45) is 0 Å². The molecule has 0 amide bonds. The molecule has 128 valence electrons. The maximum atomic E-state index is 12.1. The summed E-state index contributed by atoms with van der Waals surface area (Å²) >= 11 is 0. The highest BCUT2D eigenvalue weighted by atomic mass is 16.4. The van der Waals surface area contributed by atoms with Crippen molar-refractivity contribution in [3.05, 3.63) is 83.1 Å². The summed E-state index contributed by atoms with van der Waals surface area (Å²) in [5.74, 6) is -2.52. The van der Waals surface area contributed by atoms with Gasteiger partial charge in [-0.25, -0.2) is 9.59 Å². The molecule has 0 bridgehead atoms. The Hall–Kier alpha value is -3.08. The molecule has 0 fully saturated rings. The largest absolute Gasteiger partial charge is 0.478 e. The number of benzene rings is 2. The molecule has 0 aromatic heterocycles. The Morgan fingerprint density at radius 1 is 0.800 bits per heavy atom. The molecule has 0 aliphatic carbocycles. The van der Waals surface area contributed by atoms with Crippen LogP contribution in [0.5, 0.6) is 0 Å². The van der Waals surface area contributed by atoms with Gasteiger partial charge < -0.3 is 15.5 Å². The van der Waals surface area contributed by atoms with Gasteiger partial charge in [0.2, 0.25) is 0 Å². The molecule has 2 atom stereocenters. The molecule has 0 spiro atoms. The summed E-state index contributed by atoms with van der Waals surface area (Å²) in [5.41, 5.74) is -0.867. The number of carboxylic acids is 2. The first-order valence-electron chi connectivity index (χ1n) is 7.93. The summed E-state index contributed by atoms with van der Waals surface area (Å²) < 4.78 is 0. The number of nitrogens with one attached hydrogen (secondary N) is 1. The van der Waals surface area contributed by atoms with Crippen LogP contribution in [0.4, 0.5) is 0 Å². The zero-order chi connectivity index (χ0) is 18.2. The van der Waals surface area contributed by atoms with E-state index in [1.54, 1.807) is 6.92 Å². The lowest BCUT2D eigenvalue weighted by atomic mass is 9.62. The molecule has 0 radical (unpaired) electrons. The minimum atomic E-state index is -1.28. The lowest BCUT2D eigenvalue weighted by Gasteiger charge is -2.43. The first-order chi connectivity index (χ1) is 11.8. The maximum absolute atomic E-state index is 12.1. The predicted octanol–water partition coefficient (Wildman–Crippen LogP) is 2.89. The van der Waals surface area contributed by atoms with E-state index in [4.69, 9.17) is 0 Å². The number of aliphatic carboxylic acids is 2. The number of rotatable bonds is 4. The van der Waals surface area contributed by atoms with Crippen LogP contribution in [0.3, 0.4) is 0 Å². The Morgan fingerprint density at radius 3 is 1.72 bits per heavy atom. The van der Waals surface area contributed by atoms with Crippen LogP contribution in [0.1, 0.15) is 25.0 Å². The Labute approximate surface area is 145 Å². The molecule has 25 heavy (non-hydrogen) atoms. The van der Waals surface area contributed by atoms with Gasteiger partial charge in [0.15, 0.2) is 0 Å². The highest BCUT2D eigenvalue weighted by Crippen LogP contribution is 2.52. The second-order valence-corrected chi connectivity index (χ2v) is 6.47. The van der Waals surface area contributed by atoms with Crippen molar-refractivity contribution in [2.75, 3.05) is 0 Å². The monoisotopic (exact) mass is 337 g/mol. The number of carbonyl (C=O) groups is 2. The van der Waals surface area contributed by atoms with Crippen molar-refractivity contribution < 1.29 is 19.8 Å². The summed E-state index contributed by atoms with van der Waals surface area (Å²) in [5, 5.41) is 22.5. The highest BCUT2D eigenvalue weighted by Gasteiger charge is 2.58. The fourth-order valence-electron chi connectivity index (χ4n) is 3.76. The quantitative estimate of drug-likeness (QED) is 0.798. The Balaban J connectivity index is 2.35. The van der Waals surface area contributed by atoms with E-state index in [-0.39, 0.29) is 11.3 Å². The maximum Gasteiger partial charge on any atom is 0.352 e. The SMILES string of the molecule is CC1(c2ccccc2)NC(C(=O)O)=C(C(=O)O)C1(C)c1ccccc1. The Kier molecular flexibility index (Phi) is 3.87. The molecule has 2 aromatic rings. The van der Waals surface area contributed by atoms with Crippen molar-refractivity contribution in [3.63, 3.8) is 0 Å². The standard InChI is InChI=1S/C20H19NO4/c1-19(13-9-5-3-6-10-13)15(17(22)23)16(18(24)25)21-20(19,2)14-11-7-4-8-12-14/h3-12,21H,1-2H3,(H,22,23)(H,24,25). The van der Waals surface area contributed by atoms with Gasteiger partial charge in [0.1, 0.15) is 5.70 Å². The molecule has 1 aliphatic heterocycles. The lowest BCUT2D eigenvalue weighted by Crippen LogP contribution is -2.50. The van der Waals surface area contributed by atoms with Crippen LogP contribution in [0, 0.1) is 0 Å². The van der Waals surface area contributed by atoms with E-state index in [1.165, 1.54) is 0 Å². The summed E-state index contributed by atoms with van der Waals surface area (Å²) in [4.78, 5) is 23.8. The van der Waals surface area contributed by atoms with E-state index in [2.05, 4.69) is 5.32 Å². The fraction of sp³-hybridized carbons (Fsp3) is 0.200. The lowest BCUT2D eigenvalue weighted by molar-refractivity contribution is -0.136. The number of hydrogen-bond acceptors (Lipinski definition) is 3. The first-order valence-corrected chi connectivity index (χ1v) is 7.93. The van der Waals surface area contributed by atoms with Crippen LogP contribution in [-0.2, 0) is 20.5 Å². The second-order valence-electron chi connectivity index (χ2n) is 6.47. The zero-order valence-electron chi connectivity index (χ0n) is 14.0. The molecule has 2 unspecified atom stereocenters. The van der Waals surface area contributed by atoms with Crippen LogP contribution in [0.25, 0.3) is 0 Å². The average Bonchev–Trinajstić information content (AvgIpc) is 2.87. The van der Waals surface area contributed by atoms with Gasteiger partial charge in [-0.05, 0) is 25.0 Å². The van der Waals surface area contributed by atoms with Gasteiger partial charge in [-0.1, -0.05) is 60.7 Å². The van der Waals surface area contributed by atoms with Gasteiger partial charge in [0.25, 0.3) is 0 Å². The van der Waals surface area contributed by atoms with Crippen LogP contribution in [0.2, 0.25) is 0 Å². The molecule has 3 rings (SSSR count). The topological polar surface area (TPSA) is 86.6 Å². The molecule has 2 aromatic carbocycles. The Morgan fingerprint density at radius 2 is 1.28 bits per heavy atom. The van der Waals surface area contributed by atoms with E-state index >= 15 is 0 Å². The Bertz CT molecular complexity index is 860. The first kappa shape index (κ1) is 16.8. The predicted molar refractivity (Wildman–Crippen MR) is 93.0 cm³/mol. The summed E-state index contributed by atoms with van der Waals surface area (Å²) in [6, 6.07) is 18.5. The smallest absolute Gasteiger partial charge is 0.352 e. The van der Waals surface area contributed by atoms with Gasteiger partial charge in [-0.2, -0.15) is 0 Å². The van der Waals surface area contributed by atoms with Crippen LogP contribution < -0.4 is 5.32 Å². The third kappa shape index (κ3) is 2.31. The fourth-order valence-corrected chi connectivity index (χ4v) is 3.76. The van der Waals surface area contributed by atoms with Crippen molar-refractivity contribution in [1.82, 2.24) is 5.32 Å². The summed E-state index contributed by atoms with van der Waals surface area (Å²) in [7, 11) is 0. The highest BCUT2D eigenvalue weighted by molar-refractivity contribution is 6.02. The molecule has 0 saturated carbocycles. The van der Waals surface area contributed by atoms with Crippen molar-refractivity contribution in [1.29, 1.82) is 0 Å². The minimum absolute atomic E-state index is 0.141. The van der Waals surface area contributed by atoms with Crippen LogP contribution in [0.15, 0.2) is 71.9 Å². The molecule has 3 N–H and O–H groups in total. The molecular weight excluding hydrogens is 318 g/mol. The van der Waals surface area contributed by atoms with Gasteiger partial charge in [0, 0.05) is 0 Å². The molecule has 0 saturated heterocycles. The van der Waals surface area contributed by atoms with E-state index in [1.807, 2.05) is 67.6 Å². The van der Waals surface area contributed by atoms with Gasteiger partial charge >= 0.3 is 11.9 Å². The van der Waals surface area contributed by atoms with Crippen LogP contribution >= 0.6 is 0 Å². The van der Waals surface area contributed by atoms with Gasteiger partial charge in [0.05, 0.1) is 16.5 Å². The normalized spacial score (nSPS) is 25.5. The van der Waals surface area contributed by atoms with Crippen LogP contribution in [-0.4, -0.2) is 22.2 Å². The third-order valence-electron chi connectivity index (χ3n) is 5.26. The molecule has 5 heteroatoms. The van der Waals surface area contributed by atoms with E-state index in [0.29, 0.717) is 0 Å². The molecule has 5 nitrogen and oxygen atoms in total. The molecular formula is C20H19NO4.